The summed E-state index contributed by atoms with van der Waals surface area (Å²) in [5.41, 5.74) is 21.9. The maximum atomic E-state index is 6.25. The van der Waals surface area contributed by atoms with E-state index in [-0.39, 0.29) is 0 Å². The van der Waals surface area contributed by atoms with Crippen LogP contribution in [0.4, 0.5) is 0 Å². The molecule has 9 aromatic heterocycles. The lowest BCUT2D eigenvalue weighted by Gasteiger charge is -2.11. The normalized spacial score (nSPS) is 11.4. The number of pyridine rings is 7. The van der Waals surface area contributed by atoms with Gasteiger partial charge in [0.1, 0.15) is 11.0 Å². The summed E-state index contributed by atoms with van der Waals surface area (Å²) in [6.07, 6.45) is 3.57. The Balaban J connectivity index is 0.000000143. The van der Waals surface area contributed by atoms with Crippen molar-refractivity contribution >= 4 is 65.6 Å². The molecule has 0 N–H and O–H groups in total. The van der Waals surface area contributed by atoms with Crippen LogP contribution in [0.2, 0.25) is 0 Å². The van der Waals surface area contributed by atoms with Crippen molar-refractivity contribution < 1.29 is 8.83 Å². The fourth-order valence-electron chi connectivity index (χ4n) is 12.4. The minimum absolute atomic E-state index is 0.605. The van der Waals surface area contributed by atoms with Crippen molar-refractivity contribution in [2.45, 2.75) is 0 Å². The van der Waals surface area contributed by atoms with E-state index in [2.05, 4.69) is 119 Å². The van der Waals surface area contributed by atoms with Crippen LogP contribution in [0.5, 0.6) is 0 Å². The number of oxazole rings is 2. The van der Waals surface area contributed by atoms with Crippen LogP contribution in [0, 0.1) is 0 Å². The molecule has 0 aliphatic heterocycles. The fraction of sp³-hybridized carbons (Fsp3) is 0. The maximum absolute atomic E-state index is 6.25. The predicted octanol–water partition coefficient (Wildman–Crippen LogP) is 20.7. The van der Waals surface area contributed by atoms with Gasteiger partial charge in [-0.1, -0.05) is 176 Å². The molecule has 0 aliphatic carbocycles. The maximum Gasteiger partial charge on any atom is 0.227 e. The largest absolute Gasteiger partial charge is 0.436 e. The van der Waals surface area contributed by atoms with Crippen LogP contribution >= 0.6 is 0 Å². The Hall–Kier alpha value is -13.0. The van der Waals surface area contributed by atoms with Gasteiger partial charge in [-0.05, 0) is 132 Å². The predicted molar refractivity (Wildman–Crippen MR) is 377 cm³/mol. The van der Waals surface area contributed by atoms with Crippen LogP contribution in [-0.4, -0.2) is 44.9 Å². The fourth-order valence-corrected chi connectivity index (χ4v) is 12.4. The Kier molecular flexibility index (Phi) is 13.9. The van der Waals surface area contributed by atoms with E-state index in [0.29, 0.717) is 11.8 Å². The molecule has 9 heterocycles. The zero-order chi connectivity index (χ0) is 62.3. The summed E-state index contributed by atoms with van der Waals surface area (Å²) in [5, 5.41) is 6.25. The van der Waals surface area contributed by atoms with Gasteiger partial charge in [0.05, 0.1) is 68.0 Å². The molecule has 0 bridgehead atoms. The van der Waals surface area contributed by atoms with E-state index in [4.69, 9.17) is 43.7 Å². The summed E-state index contributed by atoms with van der Waals surface area (Å²) in [4.78, 5) is 43.9. The summed E-state index contributed by atoms with van der Waals surface area (Å²) >= 11 is 0. The lowest BCUT2D eigenvalue weighted by molar-refractivity contribution is 0.619. The van der Waals surface area contributed by atoms with Crippen LogP contribution < -0.4 is 0 Å². The smallest absolute Gasteiger partial charge is 0.227 e. The average Bonchev–Trinajstić information content (AvgIpc) is 1.40. The number of fused-ring (bicyclic) bond motifs is 10. The van der Waals surface area contributed by atoms with Gasteiger partial charge in [0.25, 0.3) is 0 Å². The first-order chi connectivity index (χ1) is 46.6. The Bertz CT molecular complexity index is 5830. The lowest BCUT2D eigenvalue weighted by atomic mass is 9.97. The van der Waals surface area contributed by atoms with Crippen LogP contribution in [-0.2, 0) is 0 Å². The molecule has 94 heavy (non-hydrogen) atoms. The monoisotopic (exact) mass is 1210 g/mol. The summed E-state index contributed by atoms with van der Waals surface area (Å²) in [7, 11) is 0. The standard InChI is InChI=1S/C42H26N4O.C41H25N5O/c1-2-9-31(10-3-1)42-46-41-38(47-42)25-24-33-39(41)32-11-4-5-12-35(32)45-40(33)30-22-18-28(19-23-30)27-16-20-29(21-17-27)34-14-8-15-37(44-34)36-13-6-7-26-43-36;1-2-10-28(11-3-1)41-46-40-37(47-41)24-23-30-38(40)29-12-4-5-13-32(29)45-39(30)27-21-19-26(20-22-27)31-15-8-17-35(43-31)36-18-9-16-34(44-36)33-14-6-7-25-42-33/h1-26H;1-25H. The van der Waals surface area contributed by atoms with E-state index >= 15 is 0 Å². The van der Waals surface area contributed by atoms with E-state index in [1.54, 1.807) is 12.4 Å². The van der Waals surface area contributed by atoms with Crippen molar-refractivity contribution in [2.75, 3.05) is 0 Å². The minimum Gasteiger partial charge on any atom is -0.436 e. The van der Waals surface area contributed by atoms with Crippen molar-refractivity contribution in [1.29, 1.82) is 0 Å². The molecule has 0 aliphatic rings. The highest BCUT2D eigenvalue weighted by Gasteiger charge is 2.21. The molecule has 18 rings (SSSR count). The molecule has 0 fully saturated rings. The quantitative estimate of drug-likeness (QED) is 0.121. The van der Waals surface area contributed by atoms with Gasteiger partial charge in [-0.2, -0.15) is 0 Å². The first-order valence-electron chi connectivity index (χ1n) is 31.0. The highest BCUT2D eigenvalue weighted by atomic mass is 16.4. The zero-order valence-electron chi connectivity index (χ0n) is 50.3. The Morgan fingerprint density at radius 1 is 0.202 bits per heavy atom. The van der Waals surface area contributed by atoms with Gasteiger partial charge in [0, 0.05) is 78.1 Å². The number of hydrogen-bond acceptors (Lipinski definition) is 11. The molecule has 0 saturated carbocycles. The van der Waals surface area contributed by atoms with Crippen molar-refractivity contribution in [3.8, 4) is 113 Å². The molecule has 0 atom stereocenters. The number of hydrogen-bond donors (Lipinski definition) is 0. The third-order valence-corrected chi connectivity index (χ3v) is 17.0. The Labute approximate surface area is 539 Å². The molecule has 0 amide bonds. The molecule has 0 unspecified atom stereocenters. The number of benzene rings is 9. The lowest BCUT2D eigenvalue weighted by Crippen LogP contribution is -1.93. The molecular formula is C83H51N9O2. The zero-order valence-corrected chi connectivity index (χ0v) is 50.3. The second kappa shape index (κ2) is 23.8. The van der Waals surface area contributed by atoms with Gasteiger partial charge in [0.2, 0.25) is 11.8 Å². The van der Waals surface area contributed by atoms with E-state index < -0.39 is 0 Å². The van der Waals surface area contributed by atoms with E-state index in [0.717, 1.165) is 167 Å². The molecule has 0 radical (unpaired) electrons. The van der Waals surface area contributed by atoms with E-state index in [1.165, 1.54) is 0 Å². The molecule has 0 spiro atoms. The van der Waals surface area contributed by atoms with Crippen molar-refractivity contribution in [1.82, 2.24) is 44.9 Å². The Morgan fingerprint density at radius 2 is 0.543 bits per heavy atom. The highest BCUT2D eigenvalue weighted by Crippen LogP contribution is 2.41. The van der Waals surface area contributed by atoms with Gasteiger partial charge < -0.3 is 8.83 Å². The number of nitrogens with zero attached hydrogens (tertiary/aromatic N) is 9. The Morgan fingerprint density at radius 3 is 0.957 bits per heavy atom. The summed E-state index contributed by atoms with van der Waals surface area (Å²) < 4.78 is 12.5. The van der Waals surface area contributed by atoms with Gasteiger partial charge in [0.15, 0.2) is 11.2 Å². The third-order valence-electron chi connectivity index (χ3n) is 17.0. The second-order valence-electron chi connectivity index (χ2n) is 22.8. The summed E-state index contributed by atoms with van der Waals surface area (Å²) in [6.45, 7) is 0. The molecule has 11 heteroatoms. The highest BCUT2D eigenvalue weighted by molar-refractivity contribution is 6.22. The topological polar surface area (TPSA) is 142 Å². The van der Waals surface area contributed by atoms with Crippen LogP contribution in [0.1, 0.15) is 0 Å². The molecule has 440 valence electrons. The molecule has 11 nitrogen and oxygen atoms in total. The first kappa shape index (κ1) is 55.1. The van der Waals surface area contributed by atoms with Gasteiger partial charge in [-0.15, -0.1) is 0 Å². The van der Waals surface area contributed by atoms with Crippen LogP contribution in [0.15, 0.2) is 318 Å². The number of aromatic nitrogens is 9. The summed E-state index contributed by atoms with van der Waals surface area (Å²) in [5.74, 6) is 1.22. The average molecular weight is 1210 g/mol. The minimum atomic E-state index is 0.605. The van der Waals surface area contributed by atoms with Crippen LogP contribution in [0.3, 0.4) is 0 Å². The van der Waals surface area contributed by atoms with Crippen molar-refractivity contribution in [3.05, 3.63) is 310 Å². The van der Waals surface area contributed by atoms with Crippen molar-refractivity contribution in [2.24, 2.45) is 0 Å². The summed E-state index contributed by atoms with van der Waals surface area (Å²) in [6, 6.07) is 100. The number of rotatable bonds is 10. The second-order valence-corrected chi connectivity index (χ2v) is 22.8. The van der Waals surface area contributed by atoms with E-state index in [9.17, 15) is 0 Å². The molecule has 0 saturated heterocycles. The van der Waals surface area contributed by atoms with E-state index in [1.807, 2.05) is 188 Å². The molecule has 9 aromatic carbocycles. The molecule has 18 aromatic rings. The van der Waals surface area contributed by atoms with Crippen LogP contribution in [0.25, 0.3) is 179 Å². The van der Waals surface area contributed by atoms with Gasteiger partial charge >= 0.3 is 0 Å². The number of para-hydroxylation sites is 2. The first-order valence-corrected chi connectivity index (χ1v) is 31.0. The third kappa shape index (κ3) is 10.4. The molecular weight excluding hydrogens is 1150 g/mol. The van der Waals surface area contributed by atoms with Gasteiger partial charge in [-0.3, -0.25) is 9.97 Å². The van der Waals surface area contributed by atoms with Crippen molar-refractivity contribution in [3.63, 3.8) is 0 Å². The SMILES string of the molecule is c1ccc(-c2nc3c(ccc4c(-c5ccc(-c6ccc(-c7cccc(-c8ccccn8)n7)cc6)cc5)nc5ccccc5c43)o2)cc1.c1ccc(-c2nc3c(ccc4c(-c5ccc(-c6cccc(-c7cccc(-c8ccccn8)n7)n6)cc5)nc5ccccc5c43)o2)cc1. The van der Waals surface area contributed by atoms with Gasteiger partial charge in [-0.25, -0.2) is 34.9 Å².